The van der Waals surface area contributed by atoms with Gasteiger partial charge >= 0.3 is 0 Å². The Hall–Kier alpha value is -1.37. The van der Waals surface area contributed by atoms with Crippen molar-refractivity contribution in [2.24, 2.45) is 0 Å². The summed E-state index contributed by atoms with van der Waals surface area (Å²) in [5.41, 5.74) is 0. The van der Waals surface area contributed by atoms with Gasteiger partial charge in [0, 0.05) is 56.5 Å². The Kier molecular flexibility index (Phi) is 6.15. The number of fused-ring (bicyclic) bond motifs is 1. The van der Waals surface area contributed by atoms with Crippen molar-refractivity contribution in [2.75, 3.05) is 45.8 Å². The van der Waals surface area contributed by atoms with Gasteiger partial charge in [0.05, 0.1) is 9.58 Å². The monoisotopic (exact) mass is 362 g/mol. The fourth-order valence-corrected chi connectivity index (χ4v) is 4.28. The van der Waals surface area contributed by atoms with Crippen LogP contribution in [-0.2, 0) is 0 Å². The second-order valence-electron chi connectivity index (χ2n) is 7.11. The standard InChI is InChI=1S/C19H30N4OS/c1-4-21-8-10-22(11-9-21)7-5-6-20-19(24)17-12-16-13-23(15(2)3)14-18(16)25-17/h12-15H,4-11H2,1-3H3,(H,20,24). The molecule has 0 bridgehead atoms. The highest BCUT2D eigenvalue weighted by atomic mass is 32.1. The van der Waals surface area contributed by atoms with Crippen molar-refractivity contribution >= 4 is 27.3 Å². The lowest BCUT2D eigenvalue weighted by Gasteiger charge is -2.33. The van der Waals surface area contributed by atoms with Crippen molar-refractivity contribution in [1.29, 1.82) is 0 Å². The first-order valence-electron chi connectivity index (χ1n) is 9.40. The molecule has 2 aromatic heterocycles. The summed E-state index contributed by atoms with van der Waals surface area (Å²) < 4.78 is 3.38. The first-order chi connectivity index (χ1) is 12.1. The Morgan fingerprint density at radius 2 is 1.92 bits per heavy atom. The Morgan fingerprint density at radius 3 is 2.56 bits per heavy atom. The zero-order chi connectivity index (χ0) is 17.8. The Morgan fingerprint density at radius 1 is 1.20 bits per heavy atom. The van der Waals surface area contributed by atoms with Gasteiger partial charge in [-0.15, -0.1) is 11.3 Å². The fourth-order valence-electron chi connectivity index (χ4n) is 3.29. The summed E-state index contributed by atoms with van der Waals surface area (Å²) in [7, 11) is 0. The van der Waals surface area contributed by atoms with E-state index in [2.05, 4.69) is 52.8 Å². The minimum absolute atomic E-state index is 0.0631. The molecule has 1 aliphatic heterocycles. The van der Waals surface area contributed by atoms with Crippen molar-refractivity contribution in [3.8, 4) is 0 Å². The van der Waals surface area contributed by atoms with Crippen LogP contribution in [-0.4, -0.2) is 66.1 Å². The molecule has 1 saturated heterocycles. The third-order valence-corrected chi connectivity index (χ3v) is 6.10. The number of amides is 1. The van der Waals surface area contributed by atoms with E-state index >= 15 is 0 Å². The largest absolute Gasteiger partial charge is 0.351 e. The van der Waals surface area contributed by atoms with Gasteiger partial charge in [-0.25, -0.2) is 0 Å². The third kappa shape index (κ3) is 4.63. The van der Waals surface area contributed by atoms with Gasteiger partial charge in [-0.1, -0.05) is 6.92 Å². The van der Waals surface area contributed by atoms with Gasteiger partial charge in [-0.2, -0.15) is 0 Å². The molecule has 2 aromatic rings. The van der Waals surface area contributed by atoms with Crippen molar-refractivity contribution in [1.82, 2.24) is 19.7 Å². The lowest BCUT2D eigenvalue weighted by atomic mass is 10.3. The van der Waals surface area contributed by atoms with Crippen LogP contribution >= 0.6 is 11.3 Å². The number of aromatic nitrogens is 1. The van der Waals surface area contributed by atoms with E-state index in [1.54, 1.807) is 11.3 Å². The quantitative estimate of drug-likeness (QED) is 0.770. The summed E-state index contributed by atoms with van der Waals surface area (Å²) in [6.07, 6.45) is 5.28. The number of rotatable bonds is 7. The lowest BCUT2D eigenvalue weighted by molar-refractivity contribution is 0.0952. The van der Waals surface area contributed by atoms with Crippen LogP contribution in [0.2, 0.25) is 0 Å². The molecule has 138 valence electrons. The van der Waals surface area contributed by atoms with Crippen LogP contribution in [0.1, 0.15) is 42.9 Å². The molecule has 3 rings (SSSR count). The first kappa shape index (κ1) is 18.4. The molecule has 25 heavy (non-hydrogen) atoms. The summed E-state index contributed by atoms with van der Waals surface area (Å²) >= 11 is 1.58. The first-order valence-corrected chi connectivity index (χ1v) is 10.2. The molecule has 0 aromatic carbocycles. The second kappa shape index (κ2) is 8.34. The van der Waals surface area contributed by atoms with Crippen LogP contribution in [0.5, 0.6) is 0 Å². The van der Waals surface area contributed by atoms with Gasteiger partial charge in [0.25, 0.3) is 5.91 Å². The predicted molar refractivity (Wildman–Crippen MR) is 106 cm³/mol. The van der Waals surface area contributed by atoms with E-state index in [1.807, 2.05) is 6.07 Å². The molecular formula is C19H30N4OS. The van der Waals surface area contributed by atoms with E-state index in [9.17, 15) is 4.79 Å². The molecule has 0 aliphatic carbocycles. The summed E-state index contributed by atoms with van der Waals surface area (Å²) in [6, 6.07) is 2.47. The van der Waals surface area contributed by atoms with E-state index in [4.69, 9.17) is 0 Å². The fraction of sp³-hybridized carbons (Fsp3) is 0.632. The molecule has 1 aliphatic rings. The minimum Gasteiger partial charge on any atom is -0.351 e. The Bertz CT molecular complexity index is 666. The highest BCUT2D eigenvalue weighted by molar-refractivity contribution is 7.20. The Labute approximate surface area is 154 Å². The zero-order valence-electron chi connectivity index (χ0n) is 15.6. The van der Waals surface area contributed by atoms with Crippen molar-refractivity contribution < 1.29 is 4.79 Å². The van der Waals surface area contributed by atoms with Crippen LogP contribution < -0.4 is 5.32 Å². The highest BCUT2D eigenvalue weighted by Crippen LogP contribution is 2.27. The summed E-state index contributed by atoms with van der Waals surface area (Å²) in [4.78, 5) is 18.1. The number of hydrogen-bond donors (Lipinski definition) is 1. The topological polar surface area (TPSA) is 40.5 Å². The Balaban J connectivity index is 1.41. The maximum absolute atomic E-state index is 12.3. The van der Waals surface area contributed by atoms with Crippen LogP contribution in [0.25, 0.3) is 10.1 Å². The highest BCUT2D eigenvalue weighted by Gasteiger charge is 2.15. The van der Waals surface area contributed by atoms with Crippen molar-refractivity contribution in [3.05, 3.63) is 23.3 Å². The molecule has 0 spiro atoms. The molecular weight excluding hydrogens is 332 g/mol. The normalized spacial score (nSPS) is 16.8. The van der Waals surface area contributed by atoms with Gasteiger partial charge in [0.1, 0.15) is 0 Å². The van der Waals surface area contributed by atoms with Gasteiger partial charge in [0.15, 0.2) is 0 Å². The third-order valence-electron chi connectivity index (χ3n) is 5.01. The van der Waals surface area contributed by atoms with Gasteiger partial charge < -0.3 is 19.7 Å². The molecule has 0 atom stereocenters. The number of likely N-dealkylation sites (N-methyl/N-ethyl adjacent to an activating group) is 1. The molecule has 0 unspecified atom stereocenters. The smallest absolute Gasteiger partial charge is 0.261 e. The van der Waals surface area contributed by atoms with Crippen LogP contribution in [0.4, 0.5) is 0 Å². The van der Waals surface area contributed by atoms with Crippen molar-refractivity contribution in [2.45, 2.75) is 33.2 Å². The molecule has 0 radical (unpaired) electrons. The van der Waals surface area contributed by atoms with Crippen LogP contribution in [0.3, 0.4) is 0 Å². The van der Waals surface area contributed by atoms with Crippen molar-refractivity contribution in [3.63, 3.8) is 0 Å². The lowest BCUT2D eigenvalue weighted by Crippen LogP contribution is -2.46. The number of hydrogen-bond acceptors (Lipinski definition) is 4. The molecule has 5 nitrogen and oxygen atoms in total. The number of carbonyl (C=O) groups excluding carboxylic acids is 1. The SMILES string of the molecule is CCN1CCN(CCCNC(=O)c2cc3cn(C(C)C)cc3s2)CC1. The maximum atomic E-state index is 12.3. The molecule has 1 N–H and O–H groups in total. The summed E-state index contributed by atoms with van der Waals surface area (Å²) in [5, 5.41) is 4.24. The predicted octanol–water partition coefficient (Wildman–Crippen LogP) is 3.04. The molecule has 1 amide bonds. The molecule has 0 saturated carbocycles. The van der Waals surface area contributed by atoms with E-state index < -0.39 is 0 Å². The molecule has 6 heteroatoms. The minimum atomic E-state index is 0.0631. The van der Waals surface area contributed by atoms with E-state index in [-0.39, 0.29) is 5.91 Å². The van der Waals surface area contributed by atoms with Crippen LogP contribution in [0, 0.1) is 0 Å². The van der Waals surface area contributed by atoms with E-state index in [0.29, 0.717) is 6.04 Å². The van der Waals surface area contributed by atoms with Crippen LogP contribution in [0.15, 0.2) is 18.5 Å². The van der Waals surface area contributed by atoms with Gasteiger partial charge in [0.2, 0.25) is 0 Å². The number of nitrogens with zero attached hydrogens (tertiary/aromatic N) is 3. The van der Waals surface area contributed by atoms with E-state index in [1.165, 1.54) is 17.8 Å². The number of carbonyl (C=O) groups is 1. The summed E-state index contributed by atoms with van der Waals surface area (Å²) in [5.74, 6) is 0.0631. The molecule has 1 fully saturated rings. The van der Waals surface area contributed by atoms with E-state index in [0.717, 1.165) is 49.4 Å². The number of piperazine rings is 1. The van der Waals surface area contributed by atoms with Gasteiger partial charge in [-0.05, 0) is 39.4 Å². The molecule has 3 heterocycles. The number of nitrogens with one attached hydrogen (secondary N) is 1. The average molecular weight is 363 g/mol. The van der Waals surface area contributed by atoms with Gasteiger partial charge in [-0.3, -0.25) is 4.79 Å². The maximum Gasteiger partial charge on any atom is 0.261 e. The number of thiophene rings is 1. The second-order valence-corrected chi connectivity index (χ2v) is 8.20. The summed E-state index contributed by atoms with van der Waals surface area (Å²) in [6.45, 7) is 14.2. The average Bonchev–Trinajstić information content (AvgIpc) is 3.18. The zero-order valence-corrected chi connectivity index (χ0v) is 16.4.